The molecule has 5 nitrogen and oxygen atoms in total. The first kappa shape index (κ1) is 16.1. The van der Waals surface area contributed by atoms with E-state index in [0.29, 0.717) is 37.1 Å². The number of nitrogens with one attached hydrogen (secondary N) is 1. The maximum absolute atomic E-state index is 11.9. The van der Waals surface area contributed by atoms with Crippen molar-refractivity contribution in [1.29, 1.82) is 0 Å². The first-order valence-electron chi connectivity index (χ1n) is 6.38. The van der Waals surface area contributed by atoms with Gasteiger partial charge in [-0.25, -0.2) is 0 Å². The van der Waals surface area contributed by atoms with Gasteiger partial charge in [-0.2, -0.15) is 0 Å². The summed E-state index contributed by atoms with van der Waals surface area (Å²) in [6.07, 6.45) is 0.834. The minimum absolute atomic E-state index is 0.216. The van der Waals surface area contributed by atoms with Crippen LogP contribution in [0.3, 0.4) is 0 Å². The molecule has 1 aromatic rings. The van der Waals surface area contributed by atoms with Gasteiger partial charge in [0.1, 0.15) is 4.99 Å². The molecule has 0 unspecified atom stereocenters. The van der Waals surface area contributed by atoms with Crippen LogP contribution in [-0.4, -0.2) is 30.0 Å². The largest absolute Gasteiger partial charge is 0.466 e. The molecular formula is C14H18N2O3S. The lowest BCUT2D eigenvalue weighted by atomic mass is 10.1. The van der Waals surface area contributed by atoms with E-state index in [4.69, 9.17) is 22.7 Å². The Kier molecular flexibility index (Phi) is 6.66. The smallest absolute Gasteiger partial charge is 0.305 e. The van der Waals surface area contributed by atoms with E-state index in [1.165, 1.54) is 0 Å². The van der Waals surface area contributed by atoms with Crippen LogP contribution in [0.5, 0.6) is 0 Å². The number of hydrogen-bond acceptors (Lipinski definition) is 4. The molecule has 3 N–H and O–H groups in total. The standard InChI is InChI=1S/C14H18N2O3S/c1-2-19-12(17)7-4-8-16-14(18)11-6-3-5-10(9-11)13(15)20/h3,5-6,9H,2,4,7-8H2,1H3,(H2,15,20)(H,16,18). The van der Waals surface area contributed by atoms with Crippen molar-refractivity contribution in [2.45, 2.75) is 19.8 Å². The predicted octanol–water partition coefficient (Wildman–Crippen LogP) is 1.39. The topological polar surface area (TPSA) is 81.4 Å². The average Bonchev–Trinajstić information content (AvgIpc) is 2.43. The van der Waals surface area contributed by atoms with Gasteiger partial charge in [-0.15, -0.1) is 0 Å². The molecule has 0 aliphatic rings. The van der Waals surface area contributed by atoms with Gasteiger partial charge in [0.2, 0.25) is 0 Å². The van der Waals surface area contributed by atoms with E-state index >= 15 is 0 Å². The van der Waals surface area contributed by atoms with Gasteiger partial charge >= 0.3 is 5.97 Å². The van der Waals surface area contributed by atoms with Gasteiger partial charge in [0.25, 0.3) is 5.91 Å². The predicted molar refractivity (Wildman–Crippen MR) is 80.5 cm³/mol. The van der Waals surface area contributed by atoms with Gasteiger partial charge in [-0.1, -0.05) is 24.4 Å². The summed E-state index contributed by atoms with van der Waals surface area (Å²) in [6.45, 7) is 2.54. The molecule has 1 aromatic carbocycles. The van der Waals surface area contributed by atoms with Crippen LogP contribution in [0.2, 0.25) is 0 Å². The van der Waals surface area contributed by atoms with Crippen molar-refractivity contribution in [1.82, 2.24) is 5.32 Å². The lowest BCUT2D eigenvalue weighted by molar-refractivity contribution is -0.143. The van der Waals surface area contributed by atoms with Crippen LogP contribution in [0.4, 0.5) is 0 Å². The van der Waals surface area contributed by atoms with Gasteiger partial charge in [-0.3, -0.25) is 9.59 Å². The van der Waals surface area contributed by atoms with Gasteiger partial charge in [0, 0.05) is 24.1 Å². The van der Waals surface area contributed by atoms with Crippen LogP contribution in [0.1, 0.15) is 35.7 Å². The molecule has 0 aromatic heterocycles. The van der Waals surface area contributed by atoms with Crippen LogP contribution in [-0.2, 0) is 9.53 Å². The third-order valence-corrected chi connectivity index (χ3v) is 2.79. The van der Waals surface area contributed by atoms with E-state index in [0.717, 1.165) is 0 Å². The highest BCUT2D eigenvalue weighted by Crippen LogP contribution is 2.05. The fraction of sp³-hybridized carbons (Fsp3) is 0.357. The van der Waals surface area contributed by atoms with E-state index in [2.05, 4.69) is 5.32 Å². The van der Waals surface area contributed by atoms with Crippen LogP contribution >= 0.6 is 12.2 Å². The Morgan fingerprint density at radius 2 is 2.05 bits per heavy atom. The van der Waals surface area contributed by atoms with E-state index in [9.17, 15) is 9.59 Å². The number of thiocarbonyl (C=S) groups is 1. The summed E-state index contributed by atoms with van der Waals surface area (Å²) in [7, 11) is 0. The lowest BCUT2D eigenvalue weighted by Gasteiger charge is -2.06. The van der Waals surface area contributed by atoms with Crippen molar-refractivity contribution in [2.75, 3.05) is 13.2 Å². The van der Waals surface area contributed by atoms with E-state index < -0.39 is 0 Å². The van der Waals surface area contributed by atoms with Crippen LogP contribution in [0.25, 0.3) is 0 Å². The number of hydrogen-bond donors (Lipinski definition) is 2. The zero-order valence-electron chi connectivity index (χ0n) is 11.3. The van der Waals surface area contributed by atoms with Gasteiger partial charge < -0.3 is 15.8 Å². The van der Waals surface area contributed by atoms with Crippen molar-refractivity contribution in [2.24, 2.45) is 5.73 Å². The molecule has 0 heterocycles. The summed E-state index contributed by atoms with van der Waals surface area (Å²) >= 11 is 4.86. The zero-order valence-corrected chi connectivity index (χ0v) is 12.2. The highest BCUT2D eigenvalue weighted by atomic mass is 32.1. The van der Waals surface area contributed by atoms with E-state index in [1.54, 1.807) is 31.2 Å². The summed E-state index contributed by atoms with van der Waals surface area (Å²) in [5.74, 6) is -0.468. The average molecular weight is 294 g/mol. The second-order valence-corrected chi connectivity index (χ2v) is 4.55. The molecule has 0 aliphatic carbocycles. The summed E-state index contributed by atoms with van der Waals surface area (Å²) in [5.41, 5.74) is 6.66. The molecule has 0 saturated carbocycles. The monoisotopic (exact) mass is 294 g/mol. The van der Waals surface area contributed by atoms with Crippen molar-refractivity contribution in [3.05, 3.63) is 35.4 Å². The van der Waals surface area contributed by atoms with Crippen LogP contribution in [0.15, 0.2) is 24.3 Å². The first-order valence-corrected chi connectivity index (χ1v) is 6.79. The molecule has 0 spiro atoms. The van der Waals surface area contributed by atoms with Gasteiger partial charge in [0.05, 0.1) is 6.61 Å². The Bertz CT molecular complexity index is 503. The summed E-state index contributed by atoms with van der Waals surface area (Å²) in [4.78, 5) is 23.2. The molecule has 108 valence electrons. The minimum atomic E-state index is -0.253. The fourth-order valence-electron chi connectivity index (χ4n) is 1.58. The Labute approximate surface area is 123 Å². The Morgan fingerprint density at radius 1 is 1.35 bits per heavy atom. The number of nitrogens with two attached hydrogens (primary N) is 1. The summed E-state index contributed by atoms with van der Waals surface area (Å²) in [5, 5.41) is 2.73. The summed E-state index contributed by atoms with van der Waals surface area (Å²) in [6, 6.07) is 6.80. The van der Waals surface area contributed by atoms with Gasteiger partial charge in [0.15, 0.2) is 0 Å². The number of esters is 1. The molecule has 0 fully saturated rings. The Morgan fingerprint density at radius 3 is 2.70 bits per heavy atom. The highest BCUT2D eigenvalue weighted by molar-refractivity contribution is 7.80. The van der Waals surface area contributed by atoms with Crippen molar-refractivity contribution in [3.63, 3.8) is 0 Å². The molecular weight excluding hydrogens is 276 g/mol. The number of benzene rings is 1. The molecule has 0 saturated heterocycles. The zero-order chi connectivity index (χ0) is 15.0. The quantitative estimate of drug-likeness (QED) is 0.451. The Balaban J connectivity index is 2.41. The third-order valence-electron chi connectivity index (χ3n) is 2.56. The maximum Gasteiger partial charge on any atom is 0.305 e. The number of amides is 1. The molecule has 1 amide bonds. The van der Waals surface area contributed by atoms with Crippen molar-refractivity contribution >= 4 is 29.1 Å². The molecule has 0 aliphatic heterocycles. The Hall–Kier alpha value is -1.95. The van der Waals surface area contributed by atoms with Gasteiger partial charge in [-0.05, 0) is 25.5 Å². The highest BCUT2D eigenvalue weighted by Gasteiger charge is 2.07. The second kappa shape index (κ2) is 8.27. The van der Waals surface area contributed by atoms with Crippen LogP contribution < -0.4 is 11.1 Å². The maximum atomic E-state index is 11.9. The molecule has 6 heteroatoms. The van der Waals surface area contributed by atoms with E-state index in [-0.39, 0.29) is 16.9 Å². The number of carbonyl (C=O) groups excluding carboxylic acids is 2. The minimum Gasteiger partial charge on any atom is -0.466 e. The second-order valence-electron chi connectivity index (χ2n) is 4.11. The number of carbonyl (C=O) groups is 2. The van der Waals surface area contributed by atoms with Crippen molar-refractivity contribution < 1.29 is 14.3 Å². The number of ether oxygens (including phenoxy) is 1. The SMILES string of the molecule is CCOC(=O)CCCNC(=O)c1cccc(C(N)=S)c1. The number of rotatable bonds is 7. The van der Waals surface area contributed by atoms with Crippen LogP contribution in [0, 0.1) is 0 Å². The van der Waals surface area contributed by atoms with Crippen molar-refractivity contribution in [3.8, 4) is 0 Å². The third kappa shape index (κ3) is 5.36. The molecule has 0 bridgehead atoms. The fourth-order valence-corrected chi connectivity index (χ4v) is 1.71. The lowest BCUT2D eigenvalue weighted by Crippen LogP contribution is -2.25. The first-order chi connectivity index (χ1) is 9.54. The molecule has 1 rings (SSSR count). The van der Waals surface area contributed by atoms with E-state index in [1.807, 2.05) is 0 Å². The molecule has 20 heavy (non-hydrogen) atoms. The summed E-state index contributed by atoms with van der Waals surface area (Å²) < 4.78 is 4.80. The molecule has 0 atom stereocenters. The molecule has 0 radical (unpaired) electrons. The normalized spacial score (nSPS) is 9.85.